The first kappa shape index (κ1) is 20.0. The van der Waals surface area contributed by atoms with Crippen LogP contribution in [0.4, 0.5) is 5.82 Å². The van der Waals surface area contributed by atoms with E-state index in [4.69, 9.17) is 0 Å². The smallest absolute Gasteiger partial charge is 0.222 e. The van der Waals surface area contributed by atoms with Crippen molar-refractivity contribution in [2.45, 2.75) is 27.7 Å². The van der Waals surface area contributed by atoms with Crippen LogP contribution in [-0.2, 0) is 9.59 Å². The van der Waals surface area contributed by atoms with Crippen LogP contribution in [0.15, 0.2) is 53.1 Å². The first-order valence-electron chi connectivity index (χ1n) is 6.69. The van der Waals surface area contributed by atoms with Gasteiger partial charge in [-0.15, -0.1) is 0 Å². The number of halogens is 1. The summed E-state index contributed by atoms with van der Waals surface area (Å²) < 4.78 is 0.895. The number of carbonyl (C=O) groups is 2. The number of aromatic nitrogens is 1. The zero-order valence-corrected chi connectivity index (χ0v) is 14.8. The van der Waals surface area contributed by atoms with Crippen LogP contribution in [0.3, 0.4) is 0 Å². The van der Waals surface area contributed by atoms with Crippen molar-refractivity contribution in [1.82, 2.24) is 4.98 Å². The number of ketones is 1. The Labute approximate surface area is 140 Å². The molecule has 0 saturated heterocycles. The molecule has 1 aromatic heterocycles. The molecular weight excluding hydrogens is 344 g/mol. The van der Waals surface area contributed by atoms with Crippen molar-refractivity contribution in [2.75, 3.05) is 5.32 Å². The van der Waals surface area contributed by atoms with E-state index in [2.05, 4.69) is 45.3 Å². The molecule has 1 aromatic carbocycles. The second-order valence-electron chi connectivity index (χ2n) is 4.61. The maximum Gasteiger partial charge on any atom is 0.222 e. The van der Waals surface area contributed by atoms with E-state index in [-0.39, 0.29) is 11.7 Å². The third kappa shape index (κ3) is 13.0. The predicted molar refractivity (Wildman–Crippen MR) is 93.8 cm³/mol. The number of anilines is 1. The third-order valence-electron chi connectivity index (χ3n) is 1.97. The molecule has 118 valence electrons. The highest BCUT2D eigenvalue weighted by molar-refractivity contribution is 9.10. The number of hydrogen-bond acceptors (Lipinski definition) is 3. The molecule has 0 atom stereocenters. The van der Waals surface area contributed by atoms with Crippen LogP contribution in [0.25, 0.3) is 0 Å². The van der Waals surface area contributed by atoms with E-state index in [0.29, 0.717) is 5.82 Å². The minimum Gasteiger partial charge on any atom is -0.311 e. The second-order valence-corrected chi connectivity index (χ2v) is 5.52. The number of nitrogens with zero attached hydrogens (tertiary/aromatic N) is 1. The lowest BCUT2D eigenvalue weighted by Crippen LogP contribution is -2.06. The standard InChI is InChI=1S/C7H7BrN2O.C7H8.C3H6O/c1-5(11)10-7-3-2-6(8)4-9-7;1-7-5-3-2-4-6-7;1-3(2)4/h2-4H,1H3,(H,9,10,11);2-6H,1H3;1-2H3. The lowest BCUT2D eigenvalue weighted by molar-refractivity contribution is -0.115. The molecule has 0 aliphatic heterocycles. The number of rotatable bonds is 1. The van der Waals surface area contributed by atoms with Crippen LogP contribution < -0.4 is 5.32 Å². The van der Waals surface area contributed by atoms with Crippen LogP contribution in [0.1, 0.15) is 26.3 Å². The Kier molecular flexibility index (Phi) is 10.6. The topological polar surface area (TPSA) is 59.1 Å². The first-order valence-corrected chi connectivity index (χ1v) is 7.48. The minimum atomic E-state index is -0.111. The largest absolute Gasteiger partial charge is 0.311 e. The van der Waals surface area contributed by atoms with Gasteiger partial charge in [0, 0.05) is 17.6 Å². The Balaban J connectivity index is 0.000000343. The van der Waals surface area contributed by atoms with Crippen molar-refractivity contribution in [1.29, 1.82) is 0 Å². The molecule has 1 heterocycles. The summed E-state index contributed by atoms with van der Waals surface area (Å²) in [5.41, 5.74) is 1.32. The molecule has 0 unspecified atom stereocenters. The van der Waals surface area contributed by atoms with Crippen LogP contribution in [0.2, 0.25) is 0 Å². The van der Waals surface area contributed by atoms with Gasteiger partial charge in [-0.1, -0.05) is 35.9 Å². The lowest BCUT2D eigenvalue weighted by atomic mass is 10.2. The maximum atomic E-state index is 10.5. The number of Topliss-reactive ketones (excluding diaryl/α,β-unsaturated/α-hetero) is 1. The molecule has 0 fully saturated rings. The van der Waals surface area contributed by atoms with Crippen LogP contribution in [-0.4, -0.2) is 16.7 Å². The number of carbonyl (C=O) groups excluding carboxylic acids is 2. The molecule has 4 nitrogen and oxygen atoms in total. The molecular formula is C17H21BrN2O2. The van der Waals surface area contributed by atoms with Gasteiger partial charge in [-0.3, -0.25) is 4.79 Å². The van der Waals surface area contributed by atoms with Crippen molar-refractivity contribution < 1.29 is 9.59 Å². The number of hydrogen-bond donors (Lipinski definition) is 1. The van der Waals surface area contributed by atoms with Gasteiger partial charge in [0.15, 0.2) is 0 Å². The third-order valence-corrected chi connectivity index (χ3v) is 2.44. The van der Waals surface area contributed by atoms with E-state index in [9.17, 15) is 9.59 Å². The molecule has 0 aliphatic carbocycles. The fourth-order valence-electron chi connectivity index (χ4n) is 1.16. The van der Waals surface area contributed by atoms with Gasteiger partial charge >= 0.3 is 0 Å². The SMILES string of the molecule is CC(=O)Nc1ccc(Br)cn1.CC(C)=O.Cc1ccccc1. The number of nitrogens with one attached hydrogen (secondary N) is 1. The fourth-order valence-corrected chi connectivity index (χ4v) is 1.40. The summed E-state index contributed by atoms with van der Waals surface area (Å²) in [6.07, 6.45) is 1.63. The number of amides is 1. The first-order chi connectivity index (χ1) is 10.3. The van der Waals surface area contributed by atoms with E-state index < -0.39 is 0 Å². The van der Waals surface area contributed by atoms with E-state index in [1.807, 2.05) is 24.3 Å². The summed E-state index contributed by atoms with van der Waals surface area (Å²) in [6.45, 7) is 6.59. The van der Waals surface area contributed by atoms with Gasteiger partial charge < -0.3 is 10.1 Å². The predicted octanol–water partition coefficient (Wildman–Crippen LogP) is 4.39. The summed E-state index contributed by atoms with van der Waals surface area (Å²) in [6, 6.07) is 13.8. The van der Waals surface area contributed by atoms with E-state index in [1.54, 1.807) is 12.3 Å². The van der Waals surface area contributed by atoms with Crippen molar-refractivity contribution >= 4 is 33.4 Å². The molecule has 2 rings (SSSR count). The van der Waals surface area contributed by atoms with E-state index in [1.165, 1.54) is 26.3 Å². The zero-order chi connectivity index (χ0) is 17.0. The van der Waals surface area contributed by atoms with Gasteiger partial charge in [0.1, 0.15) is 11.6 Å². The quantitative estimate of drug-likeness (QED) is 0.815. The van der Waals surface area contributed by atoms with Gasteiger partial charge in [-0.05, 0) is 48.8 Å². The maximum absolute atomic E-state index is 10.5. The van der Waals surface area contributed by atoms with Crippen molar-refractivity contribution in [2.24, 2.45) is 0 Å². The minimum absolute atomic E-state index is 0.111. The summed E-state index contributed by atoms with van der Waals surface area (Å²) in [4.78, 5) is 23.9. The summed E-state index contributed by atoms with van der Waals surface area (Å²) in [7, 11) is 0. The Morgan fingerprint density at radius 1 is 1.00 bits per heavy atom. The molecule has 0 spiro atoms. The molecule has 0 bridgehead atoms. The highest BCUT2D eigenvalue weighted by Gasteiger charge is 1.94. The highest BCUT2D eigenvalue weighted by Crippen LogP contribution is 2.09. The molecule has 0 radical (unpaired) electrons. The summed E-state index contributed by atoms with van der Waals surface area (Å²) >= 11 is 3.24. The molecule has 22 heavy (non-hydrogen) atoms. The summed E-state index contributed by atoms with van der Waals surface area (Å²) in [5, 5.41) is 2.56. The highest BCUT2D eigenvalue weighted by atomic mass is 79.9. The Hall–Kier alpha value is -2.01. The van der Waals surface area contributed by atoms with Gasteiger partial charge in [-0.25, -0.2) is 4.98 Å². The van der Waals surface area contributed by atoms with Crippen molar-refractivity contribution in [3.63, 3.8) is 0 Å². The van der Waals surface area contributed by atoms with Gasteiger partial charge in [0.05, 0.1) is 0 Å². The molecule has 0 saturated carbocycles. The molecule has 1 amide bonds. The van der Waals surface area contributed by atoms with Crippen molar-refractivity contribution in [3.05, 3.63) is 58.7 Å². The fraction of sp³-hybridized carbons (Fsp3) is 0.235. The molecule has 5 heteroatoms. The molecule has 2 aromatic rings. The molecule has 1 N–H and O–H groups in total. The van der Waals surface area contributed by atoms with Gasteiger partial charge in [-0.2, -0.15) is 0 Å². The number of benzene rings is 1. The van der Waals surface area contributed by atoms with Crippen LogP contribution >= 0.6 is 15.9 Å². The monoisotopic (exact) mass is 364 g/mol. The van der Waals surface area contributed by atoms with Crippen LogP contribution in [0.5, 0.6) is 0 Å². The van der Waals surface area contributed by atoms with E-state index in [0.717, 1.165) is 4.47 Å². The zero-order valence-electron chi connectivity index (χ0n) is 13.3. The normalized spacial score (nSPS) is 8.59. The average molecular weight is 365 g/mol. The number of aryl methyl sites for hydroxylation is 1. The van der Waals surface area contributed by atoms with Crippen LogP contribution in [0, 0.1) is 6.92 Å². The average Bonchev–Trinajstić information content (AvgIpc) is 2.42. The van der Waals surface area contributed by atoms with Crippen molar-refractivity contribution in [3.8, 4) is 0 Å². The second kappa shape index (κ2) is 11.6. The van der Waals surface area contributed by atoms with Gasteiger partial charge in [0.2, 0.25) is 5.91 Å². The van der Waals surface area contributed by atoms with E-state index >= 15 is 0 Å². The Morgan fingerprint density at radius 2 is 1.55 bits per heavy atom. The Bertz CT molecular complexity index is 565. The molecule has 0 aliphatic rings. The van der Waals surface area contributed by atoms with Gasteiger partial charge in [0.25, 0.3) is 0 Å². The number of pyridine rings is 1. The Morgan fingerprint density at radius 3 is 1.86 bits per heavy atom. The summed E-state index contributed by atoms with van der Waals surface area (Å²) in [5.74, 6) is 0.625. The lowest BCUT2D eigenvalue weighted by Gasteiger charge is -1.98.